The summed E-state index contributed by atoms with van der Waals surface area (Å²) in [5, 5.41) is 1.11. The normalized spacial score (nSPS) is 24.0. The number of benzene rings is 2. The van der Waals surface area contributed by atoms with Crippen LogP contribution in [0.2, 0.25) is 10.0 Å². The van der Waals surface area contributed by atoms with Crippen LogP contribution in [0.25, 0.3) is 0 Å². The van der Waals surface area contributed by atoms with Crippen molar-refractivity contribution in [2.24, 2.45) is 0 Å². The van der Waals surface area contributed by atoms with E-state index in [2.05, 4.69) is 15.9 Å². The van der Waals surface area contributed by atoms with Crippen LogP contribution < -0.4 is 0 Å². The lowest BCUT2D eigenvalue weighted by Crippen LogP contribution is -2.60. The van der Waals surface area contributed by atoms with Gasteiger partial charge in [-0.2, -0.15) is 0 Å². The SMILES string of the molecule is CS(=O)(=O)N1CCCN(C2CN(CCCC3(c4ccc(Cl)c(Cl)c4)CCCN(C(=O)c4ccccc4)C3)C2)CC1. The van der Waals surface area contributed by atoms with Gasteiger partial charge in [-0.1, -0.05) is 47.5 Å². The van der Waals surface area contributed by atoms with Crippen molar-refractivity contribution in [3.63, 3.8) is 0 Å². The van der Waals surface area contributed by atoms with Gasteiger partial charge < -0.3 is 9.80 Å². The zero-order chi connectivity index (χ0) is 28.3. The number of rotatable bonds is 8. The molecule has 3 heterocycles. The average molecular weight is 608 g/mol. The van der Waals surface area contributed by atoms with E-state index in [4.69, 9.17) is 23.2 Å². The molecule has 0 aromatic heterocycles. The first-order valence-electron chi connectivity index (χ1n) is 14.4. The molecule has 1 amide bonds. The zero-order valence-corrected chi connectivity index (χ0v) is 25.6. The molecule has 7 nitrogen and oxygen atoms in total. The Bertz CT molecular complexity index is 1290. The molecule has 0 aliphatic carbocycles. The highest BCUT2D eigenvalue weighted by atomic mass is 35.5. The molecule has 5 rings (SSSR count). The highest BCUT2D eigenvalue weighted by Gasteiger charge is 2.40. The van der Waals surface area contributed by atoms with Crippen LogP contribution in [0.3, 0.4) is 0 Å². The smallest absolute Gasteiger partial charge is 0.253 e. The van der Waals surface area contributed by atoms with Crippen molar-refractivity contribution < 1.29 is 13.2 Å². The van der Waals surface area contributed by atoms with Gasteiger partial charge in [-0.25, -0.2) is 12.7 Å². The molecule has 10 heteroatoms. The van der Waals surface area contributed by atoms with Gasteiger partial charge >= 0.3 is 0 Å². The molecule has 3 aliphatic rings. The van der Waals surface area contributed by atoms with Crippen molar-refractivity contribution in [1.29, 1.82) is 0 Å². The van der Waals surface area contributed by atoms with E-state index >= 15 is 0 Å². The summed E-state index contributed by atoms with van der Waals surface area (Å²) >= 11 is 12.8. The first-order valence-corrected chi connectivity index (χ1v) is 17.0. The molecule has 3 aliphatic heterocycles. The molecule has 1 atom stereocenters. The fraction of sp³-hybridized carbons (Fsp3) is 0.567. The number of likely N-dealkylation sites (tertiary alicyclic amines) is 2. The second-order valence-corrected chi connectivity index (χ2v) is 14.5. The summed E-state index contributed by atoms with van der Waals surface area (Å²) in [6.45, 7) is 7.45. The van der Waals surface area contributed by atoms with E-state index < -0.39 is 10.0 Å². The van der Waals surface area contributed by atoms with E-state index in [0.717, 1.165) is 82.5 Å². The molecule has 1 unspecified atom stereocenters. The molecule has 3 saturated heterocycles. The molecule has 2 aromatic carbocycles. The van der Waals surface area contributed by atoms with Gasteiger partial charge in [0, 0.05) is 62.8 Å². The molecule has 0 radical (unpaired) electrons. The van der Waals surface area contributed by atoms with Crippen LogP contribution in [0.5, 0.6) is 0 Å². The van der Waals surface area contributed by atoms with E-state index in [1.807, 2.05) is 47.4 Å². The first kappa shape index (κ1) is 29.8. The maximum atomic E-state index is 13.4. The number of hydrogen-bond donors (Lipinski definition) is 0. The summed E-state index contributed by atoms with van der Waals surface area (Å²) < 4.78 is 25.5. The van der Waals surface area contributed by atoms with E-state index in [1.54, 1.807) is 4.31 Å². The topological polar surface area (TPSA) is 64.2 Å². The number of carbonyl (C=O) groups is 1. The van der Waals surface area contributed by atoms with Gasteiger partial charge in [0.15, 0.2) is 0 Å². The number of sulfonamides is 1. The number of carbonyl (C=O) groups excluding carboxylic acids is 1. The molecule has 40 heavy (non-hydrogen) atoms. The molecule has 0 saturated carbocycles. The fourth-order valence-corrected chi connectivity index (χ4v) is 7.86. The summed E-state index contributed by atoms with van der Waals surface area (Å²) in [4.78, 5) is 20.4. The van der Waals surface area contributed by atoms with Crippen LogP contribution in [0.1, 0.15) is 48.0 Å². The number of piperidine rings is 1. The van der Waals surface area contributed by atoms with Crippen LogP contribution in [-0.4, -0.2) is 105 Å². The Balaban J connectivity index is 1.20. The van der Waals surface area contributed by atoms with Crippen LogP contribution in [0.15, 0.2) is 48.5 Å². The molecular formula is C30H40Cl2N4O3S. The lowest BCUT2D eigenvalue weighted by Gasteiger charge is -2.47. The van der Waals surface area contributed by atoms with Crippen LogP contribution >= 0.6 is 23.2 Å². The van der Waals surface area contributed by atoms with E-state index in [-0.39, 0.29) is 11.3 Å². The second kappa shape index (κ2) is 12.7. The Kier molecular flexibility index (Phi) is 9.44. The average Bonchev–Trinajstić information content (AvgIpc) is 3.18. The van der Waals surface area contributed by atoms with Crippen molar-refractivity contribution in [1.82, 2.24) is 19.0 Å². The van der Waals surface area contributed by atoms with Crippen molar-refractivity contribution in [2.75, 3.05) is 65.2 Å². The second-order valence-electron chi connectivity index (χ2n) is 11.7. The molecule has 2 aromatic rings. The van der Waals surface area contributed by atoms with Crippen molar-refractivity contribution in [3.05, 3.63) is 69.7 Å². The predicted molar refractivity (Wildman–Crippen MR) is 162 cm³/mol. The summed E-state index contributed by atoms with van der Waals surface area (Å²) in [6, 6.07) is 16.0. The van der Waals surface area contributed by atoms with E-state index in [9.17, 15) is 13.2 Å². The minimum Gasteiger partial charge on any atom is -0.338 e. The fourth-order valence-electron chi connectivity index (χ4n) is 6.69. The van der Waals surface area contributed by atoms with Gasteiger partial charge in [0.25, 0.3) is 5.91 Å². The van der Waals surface area contributed by atoms with Crippen molar-refractivity contribution >= 4 is 39.1 Å². The Labute approximate surface area is 249 Å². The summed E-state index contributed by atoms with van der Waals surface area (Å²) in [6.07, 6.45) is 6.15. The molecular weight excluding hydrogens is 567 g/mol. The highest BCUT2D eigenvalue weighted by molar-refractivity contribution is 7.88. The Morgan fingerprint density at radius 1 is 0.950 bits per heavy atom. The van der Waals surface area contributed by atoms with E-state index in [1.165, 1.54) is 6.26 Å². The predicted octanol–water partition coefficient (Wildman–Crippen LogP) is 4.60. The zero-order valence-electron chi connectivity index (χ0n) is 23.3. The van der Waals surface area contributed by atoms with Gasteiger partial charge in [0.1, 0.15) is 0 Å². The summed E-state index contributed by atoms with van der Waals surface area (Å²) in [5.74, 6) is 0.0854. The molecule has 0 bridgehead atoms. The quantitative estimate of drug-likeness (QED) is 0.439. The Hall–Kier alpha value is -1.68. The van der Waals surface area contributed by atoms with Gasteiger partial charge in [-0.3, -0.25) is 9.69 Å². The third-order valence-electron chi connectivity index (χ3n) is 8.96. The minimum absolute atomic E-state index is 0.0854. The van der Waals surface area contributed by atoms with Crippen LogP contribution in [0.4, 0.5) is 0 Å². The number of hydrogen-bond acceptors (Lipinski definition) is 5. The number of halogens is 2. The highest BCUT2D eigenvalue weighted by Crippen LogP contribution is 2.41. The number of nitrogens with zero attached hydrogens (tertiary/aromatic N) is 4. The standard InChI is InChI=1S/C30H40Cl2N4O3S/c1-40(38,39)36-17-7-16-34(18-19-36)26-21-33(22-26)14-5-12-30(25-10-11-27(31)28(32)20-25)13-6-15-35(23-30)29(37)24-8-3-2-4-9-24/h2-4,8-11,20,26H,5-7,12-19,21-23H2,1H3. The molecule has 218 valence electrons. The third-order valence-corrected chi connectivity index (χ3v) is 11.0. The largest absolute Gasteiger partial charge is 0.338 e. The van der Waals surface area contributed by atoms with Crippen molar-refractivity contribution in [3.8, 4) is 0 Å². The maximum Gasteiger partial charge on any atom is 0.253 e. The van der Waals surface area contributed by atoms with Gasteiger partial charge in [-0.05, 0) is 75.0 Å². The van der Waals surface area contributed by atoms with E-state index in [0.29, 0.717) is 35.7 Å². The summed E-state index contributed by atoms with van der Waals surface area (Å²) in [5.41, 5.74) is 1.72. The maximum absolute atomic E-state index is 13.4. The van der Waals surface area contributed by atoms with Crippen LogP contribution in [0, 0.1) is 0 Å². The third kappa shape index (κ3) is 6.85. The van der Waals surface area contributed by atoms with Crippen LogP contribution in [-0.2, 0) is 15.4 Å². The molecule has 0 N–H and O–H groups in total. The minimum atomic E-state index is -3.12. The monoisotopic (exact) mass is 606 g/mol. The van der Waals surface area contributed by atoms with Gasteiger partial charge in [0.05, 0.1) is 16.3 Å². The Morgan fingerprint density at radius 3 is 2.45 bits per heavy atom. The van der Waals surface area contributed by atoms with Gasteiger partial charge in [-0.15, -0.1) is 0 Å². The first-order chi connectivity index (χ1) is 19.1. The lowest BCUT2D eigenvalue weighted by atomic mass is 9.71. The molecule has 3 fully saturated rings. The number of amides is 1. The van der Waals surface area contributed by atoms with Crippen molar-refractivity contribution in [2.45, 2.75) is 43.6 Å². The van der Waals surface area contributed by atoms with Gasteiger partial charge in [0.2, 0.25) is 10.0 Å². The Morgan fingerprint density at radius 2 is 1.73 bits per heavy atom. The molecule has 0 spiro atoms. The summed E-state index contributed by atoms with van der Waals surface area (Å²) in [7, 11) is -3.12. The lowest BCUT2D eigenvalue weighted by molar-refractivity contribution is 0.0328.